The maximum Gasteiger partial charge on any atom is 0.222 e. The van der Waals surface area contributed by atoms with Crippen LogP contribution in [0.15, 0.2) is 24.4 Å². The molecule has 1 unspecified atom stereocenters. The number of nitrogens with one attached hydrogen (secondary N) is 1. The molecule has 1 fully saturated rings. The minimum absolute atomic E-state index is 0.0118. The smallest absolute Gasteiger partial charge is 0.222 e. The van der Waals surface area contributed by atoms with E-state index in [2.05, 4.69) is 15.4 Å². The third kappa shape index (κ3) is 3.90. The Labute approximate surface area is 148 Å². The summed E-state index contributed by atoms with van der Waals surface area (Å²) >= 11 is 0. The lowest BCUT2D eigenvalue weighted by molar-refractivity contribution is -0.123. The molecule has 1 amide bonds. The number of hydrogen-bond donors (Lipinski definition) is 2. The summed E-state index contributed by atoms with van der Waals surface area (Å²) < 4.78 is 1.90. The van der Waals surface area contributed by atoms with Gasteiger partial charge in [0.1, 0.15) is 0 Å². The van der Waals surface area contributed by atoms with Gasteiger partial charge >= 0.3 is 0 Å². The quantitative estimate of drug-likeness (QED) is 0.843. The van der Waals surface area contributed by atoms with Gasteiger partial charge in [0.15, 0.2) is 0 Å². The second-order valence-electron chi connectivity index (χ2n) is 6.95. The van der Waals surface area contributed by atoms with Gasteiger partial charge in [-0.3, -0.25) is 14.5 Å². The first-order chi connectivity index (χ1) is 12.0. The first-order valence-corrected chi connectivity index (χ1v) is 8.84. The Morgan fingerprint density at radius 2 is 2.12 bits per heavy atom. The van der Waals surface area contributed by atoms with Crippen molar-refractivity contribution in [3.63, 3.8) is 0 Å². The van der Waals surface area contributed by atoms with Crippen LogP contribution in [0.1, 0.15) is 47.9 Å². The summed E-state index contributed by atoms with van der Waals surface area (Å²) in [4.78, 5) is 16.9. The maximum absolute atomic E-state index is 12.5. The van der Waals surface area contributed by atoms with E-state index >= 15 is 0 Å². The fourth-order valence-electron chi connectivity index (χ4n) is 3.35. The third-order valence-corrected chi connectivity index (χ3v) is 5.24. The molecule has 0 aliphatic heterocycles. The Kier molecular flexibility index (Phi) is 5.18. The highest BCUT2D eigenvalue weighted by molar-refractivity contribution is 5.76. The lowest BCUT2D eigenvalue weighted by Gasteiger charge is -2.37. The SMILES string of the molecule is Cc1nn(CCC(=O)NC(c2ccccn2)C2CC(O)C2)c(C)c1C. The number of carbonyl (C=O) groups excluding carboxylic acids is 1. The van der Waals surface area contributed by atoms with E-state index < -0.39 is 0 Å². The van der Waals surface area contributed by atoms with Gasteiger partial charge in [0.25, 0.3) is 0 Å². The molecule has 0 spiro atoms. The van der Waals surface area contributed by atoms with Crippen molar-refractivity contribution in [3.8, 4) is 0 Å². The van der Waals surface area contributed by atoms with Gasteiger partial charge in [-0.05, 0) is 57.2 Å². The molecule has 6 heteroatoms. The number of aryl methyl sites for hydroxylation is 2. The van der Waals surface area contributed by atoms with Crippen molar-refractivity contribution in [2.45, 2.75) is 58.7 Å². The number of hydrogen-bond acceptors (Lipinski definition) is 4. The molecule has 0 bridgehead atoms. The van der Waals surface area contributed by atoms with Crippen LogP contribution in [-0.2, 0) is 11.3 Å². The van der Waals surface area contributed by atoms with Crippen LogP contribution in [0, 0.1) is 26.7 Å². The van der Waals surface area contributed by atoms with Gasteiger partial charge in [-0.1, -0.05) is 6.07 Å². The van der Waals surface area contributed by atoms with Crippen LogP contribution in [-0.4, -0.2) is 31.9 Å². The lowest BCUT2D eigenvalue weighted by atomic mass is 9.76. The highest BCUT2D eigenvalue weighted by Gasteiger charge is 2.36. The van der Waals surface area contributed by atoms with Gasteiger partial charge in [-0.15, -0.1) is 0 Å². The molecule has 3 rings (SSSR count). The number of carbonyl (C=O) groups is 1. The molecule has 1 aliphatic rings. The van der Waals surface area contributed by atoms with E-state index in [1.807, 2.05) is 43.7 Å². The predicted molar refractivity (Wildman–Crippen MR) is 94.9 cm³/mol. The van der Waals surface area contributed by atoms with Crippen LogP contribution in [0.3, 0.4) is 0 Å². The van der Waals surface area contributed by atoms with E-state index in [0.717, 1.165) is 17.1 Å². The molecule has 2 heterocycles. The molecule has 1 atom stereocenters. The summed E-state index contributed by atoms with van der Waals surface area (Å²) in [6, 6.07) is 5.58. The molecule has 2 aromatic rings. The highest BCUT2D eigenvalue weighted by atomic mass is 16.3. The molecular weight excluding hydrogens is 316 g/mol. The number of aromatic nitrogens is 3. The summed E-state index contributed by atoms with van der Waals surface area (Å²) in [6.07, 6.45) is 3.27. The number of rotatable bonds is 6. The molecule has 0 radical (unpaired) electrons. The van der Waals surface area contributed by atoms with Crippen molar-refractivity contribution < 1.29 is 9.90 Å². The largest absolute Gasteiger partial charge is 0.393 e. The molecule has 6 nitrogen and oxygen atoms in total. The predicted octanol–water partition coefficient (Wildman–Crippen LogP) is 2.22. The van der Waals surface area contributed by atoms with Crippen LogP contribution in [0.25, 0.3) is 0 Å². The number of pyridine rings is 1. The van der Waals surface area contributed by atoms with Crippen molar-refractivity contribution in [1.82, 2.24) is 20.1 Å². The Bertz CT molecular complexity index is 735. The minimum atomic E-state index is -0.259. The van der Waals surface area contributed by atoms with Crippen molar-refractivity contribution in [2.75, 3.05) is 0 Å². The van der Waals surface area contributed by atoms with Gasteiger partial charge in [0, 0.05) is 24.9 Å². The first kappa shape index (κ1) is 17.6. The van der Waals surface area contributed by atoms with Crippen LogP contribution < -0.4 is 5.32 Å². The zero-order valence-electron chi connectivity index (χ0n) is 15.1. The van der Waals surface area contributed by atoms with Crippen molar-refractivity contribution in [2.24, 2.45) is 5.92 Å². The zero-order chi connectivity index (χ0) is 18.0. The van der Waals surface area contributed by atoms with E-state index in [4.69, 9.17) is 0 Å². The van der Waals surface area contributed by atoms with Crippen molar-refractivity contribution >= 4 is 5.91 Å². The topological polar surface area (TPSA) is 80.0 Å². The standard InChI is InChI=1S/C19H26N4O2/c1-12-13(2)22-23(14(12)3)9-7-18(25)21-19(15-10-16(24)11-15)17-6-4-5-8-20-17/h4-6,8,15-16,19,24H,7,9-11H2,1-3H3,(H,21,25). The molecule has 1 saturated carbocycles. The number of amides is 1. The number of aliphatic hydroxyl groups is 1. The molecule has 2 N–H and O–H groups in total. The van der Waals surface area contributed by atoms with Crippen LogP contribution in [0.2, 0.25) is 0 Å². The molecule has 134 valence electrons. The fourth-order valence-corrected chi connectivity index (χ4v) is 3.35. The summed E-state index contributed by atoms with van der Waals surface area (Å²) in [5, 5.41) is 17.2. The highest BCUT2D eigenvalue weighted by Crippen LogP contribution is 2.37. The number of aliphatic hydroxyl groups excluding tert-OH is 1. The van der Waals surface area contributed by atoms with Crippen molar-refractivity contribution in [3.05, 3.63) is 47.0 Å². The van der Waals surface area contributed by atoms with E-state index in [1.165, 1.54) is 5.56 Å². The second kappa shape index (κ2) is 7.35. The molecule has 0 aromatic carbocycles. The summed E-state index contributed by atoms with van der Waals surface area (Å²) in [7, 11) is 0. The Balaban J connectivity index is 1.63. The maximum atomic E-state index is 12.5. The van der Waals surface area contributed by atoms with Gasteiger partial charge in [0.2, 0.25) is 5.91 Å². The average molecular weight is 342 g/mol. The lowest BCUT2D eigenvalue weighted by Crippen LogP contribution is -2.42. The first-order valence-electron chi connectivity index (χ1n) is 8.84. The van der Waals surface area contributed by atoms with Crippen molar-refractivity contribution in [1.29, 1.82) is 0 Å². The van der Waals surface area contributed by atoms with Gasteiger partial charge < -0.3 is 10.4 Å². The Morgan fingerprint density at radius 1 is 1.36 bits per heavy atom. The monoisotopic (exact) mass is 342 g/mol. The normalized spacial score (nSPS) is 20.8. The Hall–Kier alpha value is -2.21. The minimum Gasteiger partial charge on any atom is -0.393 e. The van der Waals surface area contributed by atoms with E-state index in [9.17, 15) is 9.90 Å². The third-order valence-electron chi connectivity index (χ3n) is 5.24. The Morgan fingerprint density at radius 3 is 2.68 bits per heavy atom. The van der Waals surface area contributed by atoms with E-state index in [1.54, 1.807) is 6.20 Å². The summed E-state index contributed by atoms with van der Waals surface area (Å²) in [6.45, 7) is 6.62. The average Bonchev–Trinajstić information content (AvgIpc) is 2.83. The summed E-state index contributed by atoms with van der Waals surface area (Å²) in [5.74, 6) is 0.229. The molecule has 1 aliphatic carbocycles. The van der Waals surface area contributed by atoms with Crippen LogP contribution in [0.5, 0.6) is 0 Å². The second-order valence-corrected chi connectivity index (χ2v) is 6.95. The van der Waals surface area contributed by atoms with E-state index in [-0.39, 0.29) is 24.0 Å². The molecular formula is C19H26N4O2. The summed E-state index contributed by atoms with van der Waals surface area (Å²) in [5.41, 5.74) is 4.14. The van der Waals surface area contributed by atoms with Crippen LogP contribution in [0.4, 0.5) is 0 Å². The molecule has 0 saturated heterocycles. The van der Waals surface area contributed by atoms with Gasteiger partial charge in [-0.25, -0.2) is 0 Å². The van der Waals surface area contributed by atoms with Gasteiger partial charge in [0.05, 0.1) is 23.5 Å². The zero-order valence-corrected chi connectivity index (χ0v) is 15.1. The molecule has 2 aromatic heterocycles. The molecule has 25 heavy (non-hydrogen) atoms. The fraction of sp³-hybridized carbons (Fsp3) is 0.526. The van der Waals surface area contributed by atoms with Crippen LogP contribution >= 0.6 is 0 Å². The number of nitrogens with zero attached hydrogens (tertiary/aromatic N) is 3. The van der Waals surface area contributed by atoms with E-state index in [0.29, 0.717) is 25.8 Å². The van der Waals surface area contributed by atoms with Gasteiger partial charge in [-0.2, -0.15) is 5.10 Å².